The van der Waals surface area contributed by atoms with Gasteiger partial charge in [-0.15, -0.1) is 0 Å². The van der Waals surface area contributed by atoms with Crippen molar-refractivity contribution in [3.05, 3.63) is 0 Å². The van der Waals surface area contributed by atoms with Gasteiger partial charge in [0.2, 0.25) is 0 Å². The Morgan fingerprint density at radius 2 is 1.90 bits per heavy atom. The third-order valence-corrected chi connectivity index (χ3v) is 4.33. The van der Waals surface area contributed by atoms with Gasteiger partial charge in [-0.2, -0.15) is 0 Å². The van der Waals surface area contributed by atoms with Crippen LogP contribution in [-0.4, -0.2) is 36.0 Å². The van der Waals surface area contributed by atoms with Crippen molar-refractivity contribution in [3.63, 3.8) is 0 Å². The van der Waals surface area contributed by atoms with Gasteiger partial charge in [-0.1, -0.05) is 27.2 Å². The van der Waals surface area contributed by atoms with Gasteiger partial charge in [0, 0.05) is 12.1 Å². The lowest BCUT2D eigenvalue weighted by Gasteiger charge is -2.37. The minimum Gasteiger partial charge on any atom is -0.389 e. The average molecular weight is 285 g/mol. The Kier molecular flexibility index (Phi) is 6.96. The highest BCUT2D eigenvalue weighted by atomic mass is 16.5. The molecule has 1 saturated carbocycles. The van der Waals surface area contributed by atoms with Crippen LogP contribution in [0.2, 0.25) is 0 Å². The summed E-state index contributed by atoms with van der Waals surface area (Å²) in [5, 5.41) is 13.4. The molecule has 0 aromatic rings. The van der Waals surface area contributed by atoms with E-state index in [0.29, 0.717) is 31.1 Å². The van der Waals surface area contributed by atoms with Crippen LogP contribution in [0.1, 0.15) is 60.8 Å². The lowest BCUT2D eigenvalue weighted by molar-refractivity contribution is -0.0689. The van der Waals surface area contributed by atoms with Gasteiger partial charge >= 0.3 is 0 Å². The van der Waals surface area contributed by atoms with Gasteiger partial charge < -0.3 is 15.2 Å². The highest BCUT2D eigenvalue weighted by Gasteiger charge is 2.31. The van der Waals surface area contributed by atoms with E-state index in [-0.39, 0.29) is 5.54 Å². The summed E-state index contributed by atoms with van der Waals surface area (Å²) in [5.41, 5.74) is 0.0425. The van der Waals surface area contributed by atoms with Crippen molar-refractivity contribution < 1.29 is 9.84 Å². The quantitative estimate of drug-likeness (QED) is 0.787. The largest absolute Gasteiger partial charge is 0.389 e. The number of hydrogen-bond acceptors (Lipinski definition) is 3. The molecular weight excluding hydrogens is 250 g/mol. The van der Waals surface area contributed by atoms with Gasteiger partial charge in [-0.25, -0.2) is 0 Å². The van der Waals surface area contributed by atoms with Crippen molar-refractivity contribution in [1.29, 1.82) is 0 Å². The maximum atomic E-state index is 10.0. The maximum Gasteiger partial charge on any atom is 0.0898 e. The first-order chi connectivity index (χ1) is 9.19. The highest BCUT2D eigenvalue weighted by Crippen LogP contribution is 2.35. The second kappa shape index (κ2) is 7.77. The van der Waals surface area contributed by atoms with Gasteiger partial charge in [-0.05, 0) is 51.4 Å². The van der Waals surface area contributed by atoms with Crippen LogP contribution in [0.5, 0.6) is 0 Å². The summed E-state index contributed by atoms with van der Waals surface area (Å²) in [7, 11) is 0. The second-order valence-electron chi connectivity index (χ2n) is 7.98. The van der Waals surface area contributed by atoms with Crippen molar-refractivity contribution in [2.24, 2.45) is 17.8 Å². The van der Waals surface area contributed by atoms with Gasteiger partial charge in [0.1, 0.15) is 0 Å². The Hall–Kier alpha value is -0.120. The van der Waals surface area contributed by atoms with Crippen LogP contribution < -0.4 is 5.32 Å². The van der Waals surface area contributed by atoms with Crippen molar-refractivity contribution in [2.75, 3.05) is 13.2 Å². The molecule has 0 aromatic carbocycles. The van der Waals surface area contributed by atoms with Crippen molar-refractivity contribution in [1.82, 2.24) is 5.32 Å². The molecule has 3 nitrogen and oxygen atoms in total. The summed E-state index contributed by atoms with van der Waals surface area (Å²) in [6.07, 6.45) is 3.63. The lowest BCUT2D eigenvalue weighted by atomic mass is 9.75. The number of hydrogen-bond donors (Lipinski definition) is 2. The van der Waals surface area contributed by atoms with Crippen LogP contribution >= 0.6 is 0 Å². The van der Waals surface area contributed by atoms with E-state index in [2.05, 4.69) is 46.9 Å². The summed E-state index contributed by atoms with van der Waals surface area (Å²) in [6.45, 7) is 14.3. The summed E-state index contributed by atoms with van der Waals surface area (Å²) in [6, 6.07) is 0. The highest BCUT2D eigenvalue weighted by molar-refractivity contribution is 4.82. The molecule has 120 valence electrons. The fraction of sp³-hybridized carbons (Fsp3) is 1.00. The molecule has 1 aliphatic carbocycles. The number of β-amino-alcohol motifs (C(OH)–C–C–N with tert-alkyl or cyclic N) is 1. The molecule has 0 heterocycles. The number of rotatable bonds is 6. The molecule has 4 atom stereocenters. The molecule has 0 radical (unpaired) electrons. The topological polar surface area (TPSA) is 41.5 Å². The van der Waals surface area contributed by atoms with E-state index in [1.54, 1.807) is 0 Å². The molecule has 2 N–H and O–H groups in total. The van der Waals surface area contributed by atoms with E-state index >= 15 is 0 Å². The Labute approximate surface area is 125 Å². The predicted molar refractivity (Wildman–Crippen MR) is 84.8 cm³/mol. The monoisotopic (exact) mass is 285 g/mol. The third-order valence-electron chi connectivity index (χ3n) is 4.33. The summed E-state index contributed by atoms with van der Waals surface area (Å²) in [5.74, 6) is 2.06. The van der Waals surface area contributed by atoms with Crippen molar-refractivity contribution >= 4 is 0 Å². The van der Waals surface area contributed by atoms with Crippen molar-refractivity contribution in [2.45, 2.75) is 78.6 Å². The Bertz CT molecular complexity index is 273. The van der Waals surface area contributed by atoms with E-state index in [0.717, 1.165) is 12.3 Å². The smallest absolute Gasteiger partial charge is 0.0898 e. The SMILES string of the molecule is CC(C)[C@@H]1CC[C@H](C)C[C@@H]1OC[C@@H](O)CNC(C)(C)C. The normalized spacial score (nSPS) is 29.7. The zero-order valence-corrected chi connectivity index (χ0v) is 14.3. The van der Waals surface area contributed by atoms with E-state index < -0.39 is 6.10 Å². The van der Waals surface area contributed by atoms with E-state index in [1.807, 2.05) is 0 Å². The first-order valence-electron chi connectivity index (χ1n) is 8.23. The average Bonchev–Trinajstić information content (AvgIpc) is 2.32. The molecule has 0 aromatic heterocycles. The Morgan fingerprint density at radius 1 is 1.25 bits per heavy atom. The van der Waals surface area contributed by atoms with Crippen molar-refractivity contribution in [3.8, 4) is 0 Å². The molecular formula is C17H35NO2. The summed E-state index contributed by atoms with van der Waals surface area (Å²) >= 11 is 0. The minimum atomic E-state index is -0.417. The maximum absolute atomic E-state index is 10.0. The third kappa shape index (κ3) is 6.55. The van der Waals surface area contributed by atoms with Gasteiger partial charge in [0.15, 0.2) is 0 Å². The first kappa shape index (κ1) is 17.9. The van der Waals surface area contributed by atoms with Gasteiger partial charge in [0.05, 0.1) is 18.8 Å². The number of ether oxygens (including phenoxy) is 1. The molecule has 0 saturated heterocycles. The van der Waals surface area contributed by atoms with Gasteiger partial charge in [-0.3, -0.25) is 0 Å². The molecule has 1 fully saturated rings. The minimum absolute atomic E-state index is 0.0425. The molecule has 0 amide bonds. The first-order valence-corrected chi connectivity index (χ1v) is 8.23. The summed E-state index contributed by atoms with van der Waals surface area (Å²) in [4.78, 5) is 0. The molecule has 0 bridgehead atoms. The Balaban J connectivity index is 2.37. The van der Waals surface area contributed by atoms with Crippen LogP contribution in [0, 0.1) is 17.8 Å². The molecule has 0 unspecified atom stereocenters. The number of aliphatic hydroxyl groups is 1. The molecule has 1 aliphatic rings. The fourth-order valence-corrected chi connectivity index (χ4v) is 3.02. The van der Waals surface area contributed by atoms with Gasteiger partial charge in [0.25, 0.3) is 0 Å². The lowest BCUT2D eigenvalue weighted by Crippen LogP contribution is -2.43. The van der Waals surface area contributed by atoms with E-state index in [9.17, 15) is 5.11 Å². The van der Waals surface area contributed by atoms with Crippen LogP contribution in [0.25, 0.3) is 0 Å². The molecule has 0 spiro atoms. The zero-order chi connectivity index (χ0) is 15.3. The van der Waals surface area contributed by atoms with Crippen LogP contribution in [0.3, 0.4) is 0 Å². The molecule has 1 rings (SSSR count). The van der Waals surface area contributed by atoms with E-state index in [1.165, 1.54) is 12.8 Å². The van der Waals surface area contributed by atoms with E-state index in [4.69, 9.17) is 4.74 Å². The zero-order valence-electron chi connectivity index (χ0n) is 14.3. The van der Waals surface area contributed by atoms with Crippen LogP contribution in [-0.2, 0) is 4.74 Å². The van der Waals surface area contributed by atoms with Crippen LogP contribution in [0.15, 0.2) is 0 Å². The summed E-state index contributed by atoms with van der Waals surface area (Å²) < 4.78 is 6.06. The fourth-order valence-electron chi connectivity index (χ4n) is 3.02. The molecule has 0 aliphatic heterocycles. The molecule has 20 heavy (non-hydrogen) atoms. The van der Waals surface area contributed by atoms with Crippen LogP contribution in [0.4, 0.5) is 0 Å². The predicted octanol–water partition coefficient (Wildman–Crippen LogP) is 3.21. The standard InChI is InChI=1S/C17H35NO2/c1-12(2)15-8-7-13(3)9-16(15)20-11-14(19)10-18-17(4,5)6/h12-16,18-19H,7-11H2,1-6H3/t13-,14-,15-,16-/m0/s1. The number of aliphatic hydroxyl groups excluding tert-OH is 1. The Morgan fingerprint density at radius 3 is 2.45 bits per heavy atom. The second-order valence-corrected chi connectivity index (χ2v) is 7.98. The number of nitrogens with one attached hydrogen (secondary N) is 1. The molecule has 3 heteroatoms.